The minimum atomic E-state index is -0.780. The van der Waals surface area contributed by atoms with Gasteiger partial charge in [0.1, 0.15) is 12.1 Å². The van der Waals surface area contributed by atoms with Gasteiger partial charge in [-0.3, -0.25) is 9.59 Å². The first-order valence-electron chi connectivity index (χ1n) is 11.9. The van der Waals surface area contributed by atoms with E-state index in [4.69, 9.17) is 21.1 Å². The van der Waals surface area contributed by atoms with Crippen molar-refractivity contribution in [3.8, 4) is 0 Å². The van der Waals surface area contributed by atoms with Gasteiger partial charge in [0.15, 0.2) is 5.76 Å². The van der Waals surface area contributed by atoms with Crippen LogP contribution < -0.4 is 10.6 Å². The van der Waals surface area contributed by atoms with E-state index in [1.54, 1.807) is 37.3 Å². The molecule has 8 nitrogen and oxygen atoms in total. The number of nitrogens with one attached hydrogen (secondary N) is 2. The number of carbonyl (C=O) groups is 3. The first-order chi connectivity index (χ1) is 16.8. The van der Waals surface area contributed by atoms with Crippen molar-refractivity contribution in [2.24, 2.45) is 11.3 Å². The lowest BCUT2D eigenvalue weighted by atomic mass is 9.86. The van der Waals surface area contributed by atoms with Crippen molar-refractivity contribution < 1.29 is 29.0 Å². The van der Waals surface area contributed by atoms with Gasteiger partial charge in [-0.15, -0.1) is 0 Å². The normalized spacial score (nSPS) is 19.7. The van der Waals surface area contributed by atoms with Gasteiger partial charge in [0.05, 0.1) is 13.2 Å². The molecule has 1 aliphatic heterocycles. The van der Waals surface area contributed by atoms with Crippen molar-refractivity contribution >= 4 is 29.4 Å². The number of methoxy groups -OCH3 is 1. The predicted octanol–water partition coefficient (Wildman–Crippen LogP) is 4.03. The van der Waals surface area contributed by atoms with E-state index in [1.165, 1.54) is 19.4 Å². The number of hydrogen-bond donors (Lipinski definition) is 3. The molecule has 0 aromatic rings. The number of amides is 2. The number of halogens is 1. The maximum atomic E-state index is 12.7. The van der Waals surface area contributed by atoms with Crippen LogP contribution in [-0.2, 0) is 23.9 Å². The molecule has 0 aliphatic carbocycles. The number of aliphatic hydroxyl groups is 1. The highest BCUT2D eigenvalue weighted by Gasteiger charge is 2.32. The lowest BCUT2D eigenvalue weighted by Gasteiger charge is -2.29. The molecule has 0 aromatic heterocycles. The van der Waals surface area contributed by atoms with E-state index in [-0.39, 0.29) is 23.7 Å². The summed E-state index contributed by atoms with van der Waals surface area (Å²) in [6.07, 6.45) is 13.4. The van der Waals surface area contributed by atoms with E-state index < -0.39 is 29.4 Å². The second kappa shape index (κ2) is 15.3. The smallest absolute Gasteiger partial charge is 0.373 e. The van der Waals surface area contributed by atoms with Crippen LogP contribution in [0.25, 0.3) is 0 Å². The monoisotopic (exact) mass is 522 g/mol. The summed E-state index contributed by atoms with van der Waals surface area (Å²) in [5.74, 6) is -1.12. The summed E-state index contributed by atoms with van der Waals surface area (Å²) in [5.41, 5.74) is -0.534. The fourth-order valence-electron chi connectivity index (χ4n) is 3.26. The van der Waals surface area contributed by atoms with Gasteiger partial charge in [-0.05, 0) is 37.5 Å². The summed E-state index contributed by atoms with van der Waals surface area (Å²) >= 11 is 5.75. The topological polar surface area (TPSA) is 114 Å². The van der Waals surface area contributed by atoms with E-state index in [1.807, 2.05) is 33.8 Å². The summed E-state index contributed by atoms with van der Waals surface area (Å²) in [7, 11) is 1.42. The second-order valence-corrected chi connectivity index (χ2v) is 10.3. The standard InChI is InChI=1S/C27H39ClN2O6/c1-18(21-15-16-22(35-6)26(34)36-21)10-7-8-12-23(32)30-24(27(3,4)5)25(33)29-17-9-11-20(31)14-13-19(2)28/h7-10,12-13,16-18,20-21,24,31H,11,14-15H2,1-6H3,(H,29,33)(H,30,32)/b10-7-,12-8-,17-9-,19-13+/t18-,20+,21?,24+/m0/s1. The Kier molecular flexibility index (Phi) is 13.3. The summed E-state index contributed by atoms with van der Waals surface area (Å²) in [5, 5.41) is 15.9. The summed E-state index contributed by atoms with van der Waals surface area (Å²) < 4.78 is 10.3. The number of esters is 1. The Morgan fingerprint density at radius 3 is 2.58 bits per heavy atom. The van der Waals surface area contributed by atoms with Crippen LogP contribution in [-0.4, -0.2) is 48.2 Å². The first-order valence-corrected chi connectivity index (χ1v) is 12.3. The van der Waals surface area contributed by atoms with E-state index in [0.717, 1.165) is 0 Å². The Balaban J connectivity index is 2.60. The highest BCUT2D eigenvalue weighted by molar-refractivity contribution is 6.29. The van der Waals surface area contributed by atoms with Gasteiger partial charge in [0.2, 0.25) is 11.8 Å². The van der Waals surface area contributed by atoms with Gasteiger partial charge in [-0.25, -0.2) is 4.79 Å². The number of cyclic esters (lactones) is 1. The van der Waals surface area contributed by atoms with Gasteiger partial charge >= 0.3 is 5.97 Å². The number of allylic oxidation sites excluding steroid dienone is 3. The third-order valence-corrected chi connectivity index (χ3v) is 5.57. The van der Waals surface area contributed by atoms with E-state index in [2.05, 4.69) is 10.6 Å². The van der Waals surface area contributed by atoms with Gasteiger partial charge in [-0.2, -0.15) is 0 Å². The van der Waals surface area contributed by atoms with Crippen molar-refractivity contribution in [2.75, 3.05) is 7.11 Å². The van der Waals surface area contributed by atoms with Gasteiger partial charge in [-0.1, -0.05) is 69.7 Å². The van der Waals surface area contributed by atoms with Crippen molar-refractivity contribution in [3.05, 3.63) is 59.5 Å². The SMILES string of the molecule is COC1=CCC([C@@H](C)/C=C\C=C/C(=O)N[C@H](C(=O)N/C=C\C[C@@H](O)C/C=C(\C)Cl)C(C)(C)C)OC1=O. The Labute approximate surface area is 219 Å². The molecule has 2 amide bonds. The molecule has 0 spiro atoms. The minimum absolute atomic E-state index is 0.0651. The average Bonchev–Trinajstić information content (AvgIpc) is 2.80. The predicted molar refractivity (Wildman–Crippen MR) is 141 cm³/mol. The number of ether oxygens (including phenoxy) is 2. The number of hydrogen-bond acceptors (Lipinski definition) is 6. The first kappa shape index (κ1) is 31.2. The van der Waals surface area contributed by atoms with E-state index in [0.29, 0.717) is 24.3 Å². The quantitative estimate of drug-likeness (QED) is 0.202. The van der Waals surface area contributed by atoms with Crippen molar-refractivity contribution in [3.63, 3.8) is 0 Å². The molecule has 0 aromatic carbocycles. The third-order valence-electron chi connectivity index (χ3n) is 5.41. The zero-order valence-electron chi connectivity index (χ0n) is 21.9. The van der Waals surface area contributed by atoms with Crippen LogP contribution in [0.4, 0.5) is 0 Å². The van der Waals surface area contributed by atoms with Crippen LogP contribution in [0.15, 0.2) is 59.5 Å². The molecule has 3 N–H and O–H groups in total. The molecule has 4 atom stereocenters. The zero-order valence-corrected chi connectivity index (χ0v) is 22.7. The van der Waals surface area contributed by atoms with Crippen LogP contribution in [0.2, 0.25) is 0 Å². The van der Waals surface area contributed by atoms with E-state index in [9.17, 15) is 19.5 Å². The van der Waals surface area contributed by atoms with Crippen LogP contribution in [0.5, 0.6) is 0 Å². The Morgan fingerprint density at radius 2 is 2.00 bits per heavy atom. The van der Waals surface area contributed by atoms with Crippen molar-refractivity contribution in [1.29, 1.82) is 0 Å². The highest BCUT2D eigenvalue weighted by Crippen LogP contribution is 2.22. The fraction of sp³-hybridized carbons (Fsp3) is 0.519. The van der Waals surface area contributed by atoms with Crippen molar-refractivity contribution in [1.82, 2.24) is 10.6 Å². The van der Waals surface area contributed by atoms with Gasteiger partial charge in [0, 0.05) is 23.4 Å². The lowest BCUT2D eigenvalue weighted by Crippen LogP contribution is -2.52. The average molecular weight is 523 g/mol. The number of carbonyl (C=O) groups excluding carboxylic acids is 3. The highest BCUT2D eigenvalue weighted by atomic mass is 35.5. The van der Waals surface area contributed by atoms with Crippen LogP contribution in [0.3, 0.4) is 0 Å². The Bertz CT molecular complexity index is 910. The molecular weight excluding hydrogens is 484 g/mol. The molecule has 0 saturated carbocycles. The van der Waals surface area contributed by atoms with Gasteiger partial charge < -0.3 is 25.2 Å². The minimum Gasteiger partial charge on any atom is -0.490 e. The molecule has 1 rings (SSSR count). The maximum Gasteiger partial charge on any atom is 0.373 e. The molecule has 0 bridgehead atoms. The summed E-state index contributed by atoms with van der Waals surface area (Å²) in [6.45, 7) is 9.21. The van der Waals surface area contributed by atoms with Gasteiger partial charge in [0.25, 0.3) is 0 Å². The third kappa shape index (κ3) is 11.7. The molecule has 1 aliphatic rings. The van der Waals surface area contributed by atoms with Crippen LogP contribution in [0.1, 0.15) is 53.9 Å². The molecule has 36 heavy (non-hydrogen) atoms. The largest absolute Gasteiger partial charge is 0.490 e. The number of aliphatic hydroxyl groups excluding tert-OH is 1. The molecule has 200 valence electrons. The fourth-order valence-corrected chi connectivity index (χ4v) is 3.34. The maximum absolute atomic E-state index is 12.7. The zero-order chi connectivity index (χ0) is 27.3. The summed E-state index contributed by atoms with van der Waals surface area (Å²) in [6, 6.07) is -0.780. The second-order valence-electron chi connectivity index (χ2n) is 9.69. The van der Waals surface area contributed by atoms with Crippen molar-refractivity contribution in [2.45, 2.75) is 72.1 Å². The molecule has 1 unspecified atom stereocenters. The summed E-state index contributed by atoms with van der Waals surface area (Å²) in [4.78, 5) is 36.9. The van der Waals surface area contributed by atoms with Crippen LogP contribution >= 0.6 is 11.6 Å². The molecule has 0 radical (unpaired) electrons. The molecular formula is C27H39ClN2O6. The Morgan fingerprint density at radius 1 is 1.31 bits per heavy atom. The Hall–Kier alpha value is -2.84. The van der Waals surface area contributed by atoms with E-state index >= 15 is 0 Å². The molecule has 0 saturated heterocycles. The van der Waals surface area contributed by atoms with Crippen LogP contribution in [0, 0.1) is 11.3 Å². The lowest BCUT2D eigenvalue weighted by molar-refractivity contribution is -0.151. The molecule has 0 fully saturated rings. The molecule has 9 heteroatoms. The molecule has 1 heterocycles. The number of rotatable bonds is 12.